The molecule has 1 fully saturated rings. The smallest absolute Gasteiger partial charge is 0.388 e. The standard InChI is InChI=1S/C24H27ClF2N4O3/c1-14-10-17(8-9-33-14)31-20(32)12-24(2,30-23(31)28)18-5-3-4-16(21(18)25)11-15-6-7-19(29-13-15)34-22(26)27/h3-7,13-14,17,22H,8-12H2,1-2H3,(H2,28,30)/t14-,17-,24+/m1/s1. The van der Waals surface area contributed by atoms with E-state index in [2.05, 4.69) is 9.72 Å². The Morgan fingerprint density at radius 2 is 2.15 bits per heavy atom. The minimum absolute atomic E-state index is 0.0316. The Labute approximate surface area is 201 Å². The first-order valence-corrected chi connectivity index (χ1v) is 11.5. The van der Waals surface area contributed by atoms with E-state index >= 15 is 0 Å². The van der Waals surface area contributed by atoms with Gasteiger partial charge in [-0.05, 0) is 43.4 Å². The molecule has 2 aromatic rings. The summed E-state index contributed by atoms with van der Waals surface area (Å²) in [5.74, 6) is -0.0485. The van der Waals surface area contributed by atoms with Crippen molar-refractivity contribution in [1.29, 1.82) is 0 Å². The van der Waals surface area contributed by atoms with Gasteiger partial charge >= 0.3 is 6.61 Å². The summed E-state index contributed by atoms with van der Waals surface area (Å²) in [4.78, 5) is 23.5. The molecule has 0 bridgehead atoms. The number of amides is 1. The normalized spacial score (nSPS) is 25.4. The molecule has 0 unspecified atom stereocenters. The van der Waals surface area contributed by atoms with Gasteiger partial charge in [-0.25, -0.2) is 9.98 Å². The first kappa shape index (κ1) is 24.3. The van der Waals surface area contributed by atoms with Crippen LogP contribution < -0.4 is 10.5 Å². The van der Waals surface area contributed by atoms with Crippen LogP contribution in [-0.2, 0) is 21.5 Å². The number of carbonyl (C=O) groups excluding carboxylic acids is 1. The summed E-state index contributed by atoms with van der Waals surface area (Å²) >= 11 is 6.79. The Hall–Kier alpha value is -2.78. The highest BCUT2D eigenvalue weighted by Gasteiger charge is 2.42. The summed E-state index contributed by atoms with van der Waals surface area (Å²) in [7, 11) is 0. The van der Waals surface area contributed by atoms with Crippen LogP contribution in [0.25, 0.3) is 0 Å². The number of hydrogen-bond acceptors (Lipinski definition) is 6. The fourth-order valence-electron chi connectivity index (χ4n) is 4.64. The molecule has 7 nitrogen and oxygen atoms in total. The number of ether oxygens (including phenoxy) is 2. The molecule has 0 radical (unpaired) electrons. The average molecular weight is 493 g/mol. The maximum atomic E-state index is 13.2. The second kappa shape index (κ2) is 9.84. The summed E-state index contributed by atoms with van der Waals surface area (Å²) < 4.78 is 34.6. The highest BCUT2D eigenvalue weighted by atomic mass is 35.5. The van der Waals surface area contributed by atoms with Crippen LogP contribution in [0.3, 0.4) is 0 Å². The molecule has 2 aliphatic rings. The van der Waals surface area contributed by atoms with Crippen LogP contribution in [0.1, 0.15) is 49.8 Å². The lowest BCUT2D eigenvalue weighted by atomic mass is 9.85. The van der Waals surface area contributed by atoms with E-state index in [0.717, 1.165) is 11.1 Å². The number of alkyl halides is 2. The third-order valence-electron chi connectivity index (χ3n) is 6.26. The van der Waals surface area contributed by atoms with Crippen LogP contribution in [0.5, 0.6) is 5.88 Å². The second-order valence-corrected chi connectivity index (χ2v) is 9.26. The molecule has 182 valence electrons. The zero-order valence-electron chi connectivity index (χ0n) is 19.0. The molecule has 2 N–H and O–H groups in total. The van der Waals surface area contributed by atoms with Gasteiger partial charge < -0.3 is 15.2 Å². The van der Waals surface area contributed by atoms with Gasteiger partial charge in [0.15, 0.2) is 5.96 Å². The zero-order valence-corrected chi connectivity index (χ0v) is 19.8. The van der Waals surface area contributed by atoms with Crippen LogP contribution >= 0.6 is 11.6 Å². The number of rotatable bonds is 6. The van der Waals surface area contributed by atoms with Crippen LogP contribution in [0.2, 0.25) is 5.02 Å². The fourth-order valence-corrected chi connectivity index (χ4v) is 5.03. The van der Waals surface area contributed by atoms with Gasteiger partial charge in [0.2, 0.25) is 11.8 Å². The molecule has 0 saturated carbocycles. The van der Waals surface area contributed by atoms with Gasteiger partial charge in [-0.3, -0.25) is 9.69 Å². The summed E-state index contributed by atoms with van der Waals surface area (Å²) in [5, 5.41) is 0.482. The predicted octanol–water partition coefficient (Wildman–Crippen LogP) is 4.26. The largest absolute Gasteiger partial charge is 0.417 e. The van der Waals surface area contributed by atoms with Gasteiger partial charge in [0, 0.05) is 36.4 Å². The van der Waals surface area contributed by atoms with Crippen molar-refractivity contribution in [3.8, 4) is 5.88 Å². The number of hydrogen-bond donors (Lipinski definition) is 1. The number of halogens is 3. The number of aliphatic imine (C=N–C) groups is 1. The van der Waals surface area contributed by atoms with Crippen molar-refractivity contribution in [1.82, 2.24) is 9.88 Å². The number of nitrogens with two attached hydrogens (primary N) is 1. The highest BCUT2D eigenvalue weighted by molar-refractivity contribution is 6.32. The average Bonchev–Trinajstić information content (AvgIpc) is 2.75. The lowest BCUT2D eigenvalue weighted by Gasteiger charge is -2.41. The van der Waals surface area contributed by atoms with E-state index in [9.17, 15) is 13.6 Å². The molecule has 1 aromatic heterocycles. The molecule has 2 aliphatic heterocycles. The molecule has 34 heavy (non-hydrogen) atoms. The number of benzene rings is 1. The molecule has 0 spiro atoms. The van der Waals surface area contributed by atoms with E-state index in [0.29, 0.717) is 36.5 Å². The third-order valence-corrected chi connectivity index (χ3v) is 6.70. The van der Waals surface area contributed by atoms with Crippen molar-refractivity contribution in [2.24, 2.45) is 10.7 Å². The van der Waals surface area contributed by atoms with Gasteiger partial charge in [0.1, 0.15) is 0 Å². The Morgan fingerprint density at radius 3 is 2.79 bits per heavy atom. The van der Waals surface area contributed by atoms with Gasteiger partial charge in [0.05, 0.1) is 18.1 Å². The molecule has 10 heteroatoms. The molecule has 4 rings (SSSR count). The summed E-state index contributed by atoms with van der Waals surface area (Å²) in [6, 6.07) is 8.58. The number of guanidine groups is 1. The fraction of sp³-hybridized carbons (Fsp3) is 0.458. The van der Waals surface area contributed by atoms with Crippen LogP contribution in [0, 0.1) is 0 Å². The quantitative estimate of drug-likeness (QED) is 0.650. The first-order valence-electron chi connectivity index (χ1n) is 11.1. The van der Waals surface area contributed by atoms with Crippen molar-refractivity contribution >= 4 is 23.5 Å². The number of nitrogens with zero attached hydrogens (tertiary/aromatic N) is 3. The Bertz CT molecular complexity index is 1080. The van der Waals surface area contributed by atoms with E-state index in [1.165, 1.54) is 12.3 Å². The monoisotopic (exact) mass is 492 g/mol. The first-order chi connectivity index (χ1) is 16.2. The summed E-state index contributed by atoms with van der Waals surface area (Å²) in [6.45, 7) is 1.49. The van der Waals surface area contributed by atoms with Crippen molar-refractivity contribution in [3.05, 3.63) is 58.2 Å². The minimum atomic E-state index is -2.93. The van der Waals surface area contributed by atoms with Gasteiger partial charge in [-0.2, -0.15) is 8.78 Å². The number of carbonyl (C=O) groups is 1. The van der Waals surface area contributed by atoms with E-state index < -0.39 is 12.2 Å². The SMILES string of the molecule is C[C@@H]1C[C@H](N2C(=O)C[C@@](C)(c3cccc(Cc4ccc(OC(F)F)nc4)c3Cl)N=C2N)CCO1. The predicted molar refractivity (Wildman–Crippen MR) is 124 cm³/mol. The van der Waals surface area contributed by atoms with Crippen molar-refractivity contribution in [2.75, 3.05) is 6.61 Å². The Morgan fingerprint density at radius 1 is 1.35 bits per heavy atom. The van der Waals surface area contributed by atoms with Crippen LogP contribution in [-0.4, -0.2) is 47.1 Å². The number of pyridine rings is 1. The maximum Gasteiger partial charge on any atom is 0.388 e. The third kappa shape index (κ3) is 5.15. The van der Waals surface area contributed by atoms with E-state index in [1.807, 2.05) is 32.0 Å². The van der Waals surface area contributed by atoms with E-state index in [-0.39, 0.29) is 36.3 Å². The number of aromatic nitrogens is 1. The molecule has 0 aliphatic carbocycles. The van der Waals surface area contributed by atoms with Gasteiger partial charge in [-0.1, -0.05) is 35.9 Å². The lowest BCUT2D eigenvalue weighted by molar-refractivity contribution is -0.133. The Kier molecular flexibility index (Phi) is 7.04. The molecule has 3 heterocycles. The van der Waals surface area contributed by atoms with Gasteiger partial charge in [-0.15, -0.1) is 0 Å². The van der Waals surface area contributed by atoms with Crippen molar-refractivity contribution in [3.63, 3.8) is 0 Å². The van der Waals surface area contributed by atoms with Gasteiger partial charge in [0.25, 0.3) is 0 Å². The minimum Gasteiger partial charge on any atom is -0.417 e. The summed E-state index contributed by atoms with van der Waals surface area (Å²) in [5.41, 5.74) is 7.68. The molecular weight excluding hydrogens is 466 g/mol. The molecular formula is C24H27ClF2N4O3. The van der Waals surface area contributed by atoms with Crippen LogP contribution in [0.15, 0.2) is 41.5 Å². The molecule has 1 aromatic carbocycles. The molecule has 3 atom stereocenters. The highest BCUT2D eigenvalue weighted by Crippen LogP contribution is 2.40. The summed E-state index contributed by atoms with van der Waals surface area (Å²) in [6.07, 6.45) is 3.52. The van der Waals surface area contributed by atoms with E-state index in [1.54, 1.807) is 11.0 Å². The topological polar surface area (TPSA) is 90.0 Å². The van der Waals surface area contributed by atoms with E-state index in [4.69, 9.17) is 27.1 Å². The molecule has 1 amide bonds. The molecule has 1 saturated heterocycles. The van der Waals surface area contributed by atoms with Crippen molar-refractivity contribution in [2.45, 2.75) is 63.8 Å². The zero-order chi connectivity index (χ0) is 24.5. The lowest BCUT2D eigenvalue weighted by Crippen LogP contribution is -2.56. The second-order valence-electron chi connectivity index (χ2n) is 8.88. The van der Waals surface area contributed by atoms with Crippen molar-refractivity contribution < 1.29 is 23.0 Å². The van der Waals surface area contributed by atoms with Crippen LogP contribution in [0.4, 0.5) is 8.78 Å². The maximum absolute atomic E-state index is 13.2. The Balaban J connectivity index is 1.57.